The fraction of sp³-hybridized carbons (Fsp3) is 0.500. The molecule has 0 bridgehead atoms. The van der Waals surface area contributed by atoms with Crippen LogP contribution in [0, 0.1) is 6.92 Å². The average molecular weight is 207 g/mol. The number of benzene rings is 1. The second-order valence-corrected chi connectivity index (χ2v) is 4.05. The number of fused-ring (bicyclic) bond motifs is 1. The lowest BCUT2D eigenvalue weighted by Gasteiger charge is -2.33. The first-order chi connectivity index (χ1) is 7.20. The highest BCUT2D eigenvalue weighted by atomic mass is 16.5. The van der Waals surface area contributed by atoms with Gasteiger partial charge in [-0.15, -0.1) is 0 Å². The minimum Gasteiger partial charge on any atom is -0.484 e. The monoisotopic (exact) mass is 207 g/mol. The summed E-state index contributed by atoms with van der Waals surface area (Å²) in [6.07, 6.45) is 0.134. The van der Waals surface area contributed by atoms with E-state index < -0.39 is 0 Å². The molecule has 15 heavy (non-hydrogen) atoms. The van der Waals surface area contributed by atoms with Gasteiger partial charge in [0.15, 0.2) is 0 Å². The zero-order valence-corrected chi connectivity index (χ0v) is 9.49. The van der Waals surface area contributed by atoms with Gasteiger partial charge in [-0.25, -0.2) is 0 Å². The van der Waals surface area contributed by atoms with Crippen molar-refractivity contribution in [2.45, 2.75) is 13.0 Å². The standard InChI is InChI=1S/C12H17NO2/c1-9-4-5-12-11(6-9)13(2)7-10(15-12)8-14-3/h4-6,10H,7-8H2,1-3H3/t10-/m0/s1. The van der Waals surface area contributed by atoms with Crippen molar-refractivity contribution in [2.24, 2.45) is 0 Å². The van der Waals surface area contributed by atoms with Gasteiger partial charge in [0.1, 0.15) is 11.9 Å². The van der Waals surface area contributed by atoms with Crippen molar-refractivity contribution in [1.29, 1.82) is 0 Å². The van der Waals surface area contributed by atoms with Crippen molar-refractivity contribution in [1.82, 2.24) is 0 Å². The van der Waals surface area contributed by atoms with Crippen molar-refractivity contribution >= 4 is 5.69 Å². The zero-order valence-electron chi connectivity index (χ0n) is 9.49. The number of hydrogen-bond donors (Lipinski definition) is 0. The summed E-state index contributed by atoms with van der Waals surface area (Å²) in [5, 5.41) is 0. The molecule has 1 aliphatic rings. The lowest BCUT2D eigenvalue weighted by molar-refractivity contribution is 0.0801. The van der Waals surface area contributed by atoms with E-state index in [4.69, 9.17) is 9.47 Å². The van der Waals surface area contributed by atoms with E-state index in [1.54, 1.807) is 7.11 Å². The molecule has 0 N–H and O–H groups in total. The van der Waals surface area contributed by atoms with E-state index >= 15 is 0 Å². The van der Waals surface area contributed by atoms with Gasteiger partial charge >= 0.3 is 0 Å². The van der Waals surface area contributed by atoms with Crippen molar-refractivity contribution in [2.75, 3.05) is 32.2 Å². The van der Waals surface area contributed by atoms with Crippen LogP contribution < -0.4 is 9.64 Å². The molecule has 82 valence electrons. The Hall–Kier alpha value is -1.22. The smallest absolute Gasteiger partial charge is 0.143 e. The maximum absolute atomic E-state index is 5.83. The highest BCUT2D eigenvalue weighted by Gasteiger charge is 2.22. The van der Waals surface area contributed by atoms with E-state index in [1.165, 1.54) is 11.3 Å². The third kappa shape index (κ3) is 2.07. The molecule has 0 aromatic heterocycles. The molecule has 1 aromatic rings. The Morgan fingerprint density at radius 2 is 2.33 bits per heavy atom. The minimum absolute atomic E-state index is 0.134. The van der Waals surface area contributed by atoms with E-state index in [-0.39, 0.29) is 6.10 Å². The van der Waals surface area contributed by atoms with Gasteiger partial charge in [-0.2, -0.15) is 0 Å². The molecule has 0 aliphatic carbocycles. The maximum atomic E-state index is 5.83. The van der Waals surface area contributed by atoms with Gasteiger partial charge in [-0.05, 0) is 24.6 Å². The van der Waals surface area contributed by atoms with Crippen molar-refractivity contribution < 1.29 is 9.47 Å². The molecular weight excluding hydrogens is 190 g/mol. The Balaban J connectivity index is 2.24. The van der Waals surface area contributed by atoms with E-state index in [9.17, 15) is 0 Å². The first-order valence-electron chi connectivity index (χ1n) is 5.18. The van der Waals surface area contributed by atoms with Gasteiger partial charge in [0.05, 0.1) is 18.8 Å². The number of anilines is 1. The Morgan fingerprint density at radius 3 is 3.07 bits per heavy atom. The number of rotatable bonds is 2. The molecule has 0 saturated carbocycles. The normalized spacial score (nSPS) is 19.7. The van der Waals surface area contributed by atoms with E-state index in [0.717, 1.165) is 12.3 Å². The summed E-state index contributed by atoms with van der Waals surface area (Å²) in [6.45, 7) is 3.61. The summed E-state index contributed by atoms with van der Waals surface area (Å²) in [7, 11) is 3.79. The predicted octanol–water partition coefficient (Wildman–Crippen LogP) is 1.84. The Morgan fingerprint density at radius 1 is 1.53 bits per heavy atom. The van der Waals surface area contributed by atoms with E-state index in [1.807, 2.05) is 6.07 Å². The molecule has 0 radical (unpaired) electrons. The number of likely N-dealkylation sites (N-methyl/N-ethyl adjacent to an activating group) is 1. The number of methoxy groups -OCH3 is 1. The highest BCUT2D eigenvalue weighted by molar-refractivity contribution is 5.61. The number of nitrogens with zero attached hydrogens (tertiary/aromatic N) is 1. The van der Waals surface area contributed by atoms with E-state index in [2.05, 4.69) is 31.0 Å². The molecular formula is C12H17NO2. The van der Waals surface area contributed by atoms with Crippen LogP contribution in [0.15, 0.2) is 18.2 Å². The van der Waals surface area contributed by atoms with Crippen LogP contribution in [0.4, 0.5) is 5.69 Å². The second-order valence-electron chi connectivity index (χ2n) is 4.05. The maximum Gasteiger partial charge on any atom is 0.143 e. The van der Waals surface area contributed by atoms with Crippen LogP contribution in [0.3, 0.4) is 0 Å². The first-order valence-corrected chi connectivity index (χ1v) is 5.18. The average Bonchev–Trinajstić information content (AvgIpc) is 2.20. The number of aryl methyl sites for hydroxylation is 1. The summed E-state index contributed by atoms with van der Waals surface area (Å²) in [5.74, 6) is 0.955. The lowest BCUT2D eigenvalue weighted by atomic mass is 10.1. The van der Waals surface area contributed by atoms with Gasteiger partial charge in [0.25, 0.3) is 0 Å². The van der Waals surface area contributed by atoms with Gasteiger partial charge in [0, 0.05) is 14.2 Å². The van der Waals surface area contributed by atoms with E-state index in [0.29, 0.717) is 6.61 Å². The predicted molar refractivity (Wildman–Crippen MR) is 60.7 cm³/mol. The second kappa shape index (κ2) is 4.11. The van der Waals surface area contributed by atoms with Gasteiger partial charge < -0.3 is 14.4 Å². The molecule has 1 aliphatic heterocycles. The number of ether oxygens (including phenoxy) is 2. The molecule has 1 heterocycles. The largest absolute Gasteiger partial charge is 0.484 e. The third-order valence-electron chi connectivity index (χ3n) is 2.65. The Labute approximate surface area is 90.6 Å². The fourth-order valence-electron chi connectivity index (χ4n) is 1.92. The quantitative estimate of drug-likeness (QED) is 0.738. The van der Waals surface area contributed by atoms with Crippen LogP contribution in [0.1, 0.15) is 5.56 Å². The third-order valence-corrected chi connectivity index (χ3v) is 2.65. The first kappa shape index (κ1) is 10.3. The summed E-state index contributed by atoms with van der Waals surface area (Å²) in [6, 6.07) is 6.25. The van der Waals surface area contributed by atoms with Gasteiger partial charge in [-0.1, -0.05) is 6.07 Å². The van der Waals surface area contributed by atoms with Crippen LogP contribution in [0.5, 0.6) is 5.75 Å². The van der Waals surface area contributed by atoms with Crippen molar-refractivity contribution in [3.8, 4) is 5.75 Å². The summed E-state index contributed by atoms with van der Waals surface area (Å²) in [4.78, 5) is 2.22. The lowest BCUT2D eigenvalue weighted by Crippen LogP contribution is -2.40. The number of hydrogen-bond acceptors (Lipinski definition) is 3. The molecule has 1 atom stereocenters. The fourth-order valence-corrected chi connectivity index (χ4v) is 1.92. The highest BCUT2D eigenvalue weighted by Crippen LogP contribution is 2.33. The topological polar surface area (TPSA) is 21.7 Å². The zero-order chi connectivity index (χ0) is 10.8. The van der Waals surface area contributed by atoms with Crippen molar-refractivity contribution in [3.05, 3.63) is 23.8 Å². The molecule has 3 nitrogen and oxygen atoms in total. The molecule has 0 fully saturated rings. The summed E-state index contributed by atoms with van der Waals surface area (Å²) < 4.78 is 10.9. The Bertz CT molecular complexity index is 351. The molecule has 0 saturated heterocycles. The van der Waals surface area contributed by atoms with Crippen LogP contribution >= 0.6 is 0 Å². The molecule has 0 unspecified atom stereocenters. The minimum atomic E-state index is 0.134. The Kier molecular flexibility index (Phi) is 2.82. The molecule has 2 rings (SSSR count). The summed E-state index contributed by atoms with van der Waals surface area (Å²) >= 11 is 0. The van der Waals surface area contributed by atoms with Gasteiger partial charge in [0.2, 0.25) is 0 Å². The van der Waals surface area contributed by atoms with Crippen molar-refractivity contribution in [3.63, 3.8) is 0 Å². The summed E-state index contributed by atoms with van der Waals surface area (Å²) in [5.41, 5.74) is 2.43. The molecule has 0 spiro atoms. The molecule has 1 aromatic carbocycles. The molecule has 3 heteroatoms. The van der Waals surface area contributed by atoms with Crippen LogP contribution in [0.2, 0.25) is 0 Å². The van der Waals surface area contributed by atoms with Crippen LogP contribution in [-0.2, 0) is 4.74 Å². The van der Waals surface area contributed by atoms with Gasteiger partial charge in [-0.3, -0.25) is 0 Å². The van der Waals surface area contributed by atoms with Crippen LogP contribution in [0.25, 0.3) is 0 Å². The SMILES string of the molecule is COC[C@@H]1CN(C)c2cc(C)ccc2O1. The van der Waals surface area contributed by atoms with Crippen LogP contribution in [-0.4, -0.2) is 33.4 Å². The molecule has 0 amide bonds.